The van der Waals surface area contributed by atoms with Crippen molar-refractivity contribution >= 4 is 34.1 Å². The number of aromatic nitrogens is 1. The van der Waals surface area contributed by atoms with E-state index in [1.165, 1.54) is 0 Å². The van der Waals surface area contributed by atoms with Gasteiger partial charge in [-0.1, -0.05) is 24.3 Å². The topological polar surface area (TPSA) is 77.7 Å². The molecule has 1 saturated heterocycles. The lowest BCUT2D eigenvalue weighted by Crippen LogP contribution is -2.41. The molecule has 1 fully saturated rings. The van der Waals surface area contributed by atoms with Crippen LogP contribution in [-0.4, -0.2) is 60.6 Å². The lowest BCUT2D eigenvalue weighted by atomic mass is 9.95. The van der Waals surface area contributed by atoms with E-state index in [4.69, 9.17) is 4.74 Å². The number of nitrogens with zero attached hydrogens (tertiary/aromatic N) is 2. The minimum absolute atomic E-state index is 0.0753. The van der Waals surface area contributed by atoms with Gasteiger partial charge in [0.05, 0.1) is 24.6 Å². The molecule has 2 amide bonds. The number of benzene rings is 3. The standard InChI is InChI=1S/C30H30N4O3/c1-20-11-13-34(28-5-3-2-4-27(28)32-20)29(35)23-6-8-24(21-7-9-26-22(18-21)10-12-31-26)25(19-23)30(36)33-14-16-37-17-15-33/h2-10,12,18-20,31-32H,11,13-17H2,1H3/t20-/m0/s1. The van der Waals surface area contributed by atoms with Crippen molar-refractivity contribution in [3.05, 3.63) is 84.1 Å². The van der Waals surface area contributed by atoms with Crippen molar-refractivity contribution in [3.8, 4) is 11.1 Å². The Balaban J connectivity index is 1.42. The molecule has 0 radical (unpaired) electrons. The highest BCUT2D eigenvalue weighted by molar-refractivity contribution is 6.11. The first-order valence-corrected chi connectivity index (χ1v) is 12.8. The molecule has 0 saturated carbocycles. The third kappa shape index (κ3) is 4.47. The molecule has 7 heteroatoms. The number of hydrogen-bond donors (Lipinski definition) is 2. The first kappa shape index (κ1) is 23.3. The number of para-hydroxylation sites is 2. The minimum atomic E-state index is -0.105. The van der Waals surface area contributed by atoms with Crippen molar-refractivity contribution in [2.24, 2.45) is 0 Å². The Kier molecular flexibility index (Phi) is 6.14. The van der Waals surface area contributed by atoms with Crippen molar-refractivity contribution < 1.29 is 14.3 Å². The van der Waals surface area contributed by atoms with Gasteiger partial charge in [-0.25, -0.2) is 0 Å². The van der Waals surface area contributed by atoms with E-state index in [2.05, 4.69) is 23.3 Å². The van der Waals surface area contributed by atoms with Gasteiger partial charge in [-0.3, -0.25) is 9.59 Å². The van der Waals surface area contributed by atoms with Crippen LogP contribution in [0.15, 0.2) is 72.9 Å². The lowest BCUT2D eigenvalue weighted by Gasteiger charge is -2.28. The number of aromatic amines is 1. The molecule has 1 atom stereocenters. The summed E-state index contributed by atoms with van der Waals surface area (Å²) < 4.78 is 5.47. The van der Waals surface area contributed by atoms with Crippen molar-refractivity contribution in [1.82, 2.24) is 9.88 Å². The fourth-order valence-electron chi connectivity index (χ4n) is 5.24. The zero-order valence-electron chi connectivity index (χ0n) is 20.9. The molecule has 0 spiro atoms. The Morgan fingerprint density at radius 1 is 0.919 bits per heavy atom. The molecule has 6 rings (SSSR count). The predicted molar refractivity (Wildman–Crippen MR) is 146 cm³/mol. The number of carbonyl (C=O) groups excluding carboxylic acids is 2. The number of rotatable bonds is 3. The van der Waals surface area contributed by atoms with Gasteiger partial charge in [-0.2, -0.15) is 0 Å². The molecule has 2 N–H and O–H groups in total. The molecule has 2 aliphatic rings. The number of morpholine rings is 1. The molecule has 3 aromatic carbocycles. The number of H-pyrrole nitrogens is 1. The summed E-state index contributed by atoms with van der Waals surface area (Å²) in [6.07, 6.45) is 2.74. The average molecular weight is 495 g/mol. The van der Waals surface area contributed by atoms with Crippen LogP contribution >= 0.6 is 0 Å². The number of nitrogens with one attached hydrogen (secondary N) is 2. The van der Waals surface area contributed by atoms with Crippen molar-refractivity contribution in [1.29, 1.82) is 0 Å². The van der Waals surface area contributed by atoms with Gasteiger partial charge in [-0.05, 0) is 72.3 Å². The summed E-state index contributed by atoms with van der Waals surface area (Å²) in [7, 11) is 0. The fraction of sp³-hybridized carbons (Fsp3) is 0.267. The second-order valence-electron chi connectivity index (χ2n) is 9.75. The third-order valence-electron chi connectivity index (χ3n) is 7.29. The number of amides is 2. The largest absolute Gasteiger partial charge is 0.381 e. The van der Waals surface area contributed by atoms with Gasteiger partial charge in [0.1, 0.15) is 0 Å². The first-order valence-electron chi connectivity index (χ1n) is 12.8. The Hall–Kier alpha value is -4.10. The van der Waals surface area contributed by atoms with Gasteiger partial charge in [0.25, 0.3) is 11.8 Å². The molecular formula is C30H30N4O3. The van der Waals surface area contributed by atoms with Crippen LogP contribution < -0.4 is 10.2 Å². The molecule has 2 aliphatic heterocycles. The maximum Gasteiger partial charge on any atom is 0.258 e. The van der Waals surface area contributed by atoms with Crippen LogP contribution in [0, 0.1) is 0 Å². The Labute approximate surface area is 216 Å². The highest BCUT2D eigenvalue weighted by Crippen LogP contribution is 2.33. The van der Waals surface area contributed by atoms with Crippen LogP contribution in [0.4, 0.5) is 11.4 Å². The van der Waals surface area contributed by atoms with E-state index in [0.717, 1.165) is 39.8 Å². The summed E-state index contributed by atoms with van der Waals surface area (Å²) in [4.78, 5) is 34.6. The highest BCUT2D eigenvalue weighted by Gasteiger charge is 2.27. The first-order chi connectivity index (χ1) is 18.1. The van der Waals surface area contributed by atoms with Crippen molar-refractivity contribution in [3.63, 3.8) is 0 Å². The summed E-state index contributed by atoms with van der Waals surface area (Å²) in [6.45, 7) is 4.84. The molecule has 4 aromatic rings. The van der Waals surface area contributed by atoms with Crippen LogP contribution in [0.5, 0.6) is 0 Å². The smallest absolute Gasteiger partial charge is 0.258 e. The van der Waals surface area contributed by atoms with Crippen molar-refractivity contribution in [2.75, 3.05) is 43.1 Å². The highest BCUT2D eigenvalue weighted by atomic mass is 16.5. The Morgan fingerprint density at radius 2 is 1.76 bits per heavy atom. The Morgan fingerprint density at radius 3 is 2.62 bits per heavy atom. The predicted octanol–water partition coefficient (Wildman–Crippen LogP) is 5.16. The van der Waals surface area contributed by atoms with Crippen LogP contribution in [0.1, 0.15) is 34.1 Å². The van der Waals surface area contributed by atoms with E-state index >= 15 is 0 Å². The van der Waals surface area contributed by atoms with E-state index in [0.29, 0.717) is 44.0 Å². The van der Waals surface area contributed by atoms with Gasteiger partial charge in [0, 0.05) is 48.5 Å². The van der Waals surface area contributed by atoms with Gasteiger partial charge < -0.3 is 24.8 Å². The van der Waals surface area contributed by atoms with E-state index in [1.54, 1.807) is 6.07 Å². The second-order valence-corrected chi connectivity index (χ2v) is 9.75. The Bertz CT molecular complexity index is 1470. The number of hydrogen-bond acceptors (Lipinski definition) is 4. The molecule has 0 bridgehead atoms. The zero-order chi connectivity index (χ0) is 25.4. The van der Waals surface area contributed by atoms with Crippen LogP contribution in [0.25, 0.3) is 22.0 Å². The number of anilines is 2. The molecule has 7 nitrogen and oxygen atoms in total. The maximum absolute atomic E-state index is 13.9. The molecule has 0 aliphatic carbocycles. The molecule has 188 valence electrons. The summed E-state index contributed by atoms with van der Waals surface area (Å²) in [5, 5.41) is 4.58. The van der Waals surface area contributed by atoms with Crippen molar-refractivity contribution in [2.45, 2.75) is 19.4 Å². The molecule has 1 aromatic heterocycles. The quantitative estimate of drug-likeness (QED) is 0.413. The van der Waals surface area contributed by atoms with E-state index in [-0.39, 0.29) is 17.9 Å². The second kappa shape index (κ2) is 9.75. The van der Waals surface area contributed by atoms with Gasteiger partial charge in [0.15, 0.2) is 0 Å². The summed E-state index contributed by atoms with van der Waals surface area (Å²) in [5.74, 6) is -0.180. The average Bonchev–Trinajstić information content (AvgIpc) is 3.34. The molecular weight excluding hydrogens is 464 g/mol. The zero-order valence-corrected chi connectivity index (χ0v) is 20.9. The van der Waals surface area contributed by atoms with E-state index < -0.39 is 0 Å². The monoisotopic (exact) mass is 494 g/mol. The summed E-state index contributed by atoms with van der Waals surface area (Å²) in [6, 6.07) is 21.8. The van der Waals surface area contributed by atoms with Crippen LogP contribution in [-0.2, 0) is 4.74 Å². The minimum Gasteiger partial charge on any atom is -0.381 e. The fourth-order valence-corrected chi connectivity index (χ4v) is 5.24. The van der Waals surface area contributed by atoms with Gasteiger partial charge >= 0.3 is 0 Å². The SMILES string of the molecule is C[C@H]1CCN(C(=O)c2ccc(-c3ccc4[nH]ccc4c3)c(C(=O)N3CCOCC3)c2)c2ccccc2N1. The van der Waals surface area contributed by atoms with Crippen LogP contribution in [0.2, 0.25) is 0 Å². The normalized spacial score (nSPS) is 17.7. The molecule has 37 heavy (non-hydrogen) atoms. The number of ether oxygens (including phenoxy) is 1. The van der Waals surface area contributed by atoms with E-state index in [1.807, 2.05) is 70.6 Å². The van der Waals surface area contributed by atoms with E-state index in [9.17, 15) is 9.59 Å². The third-order valence-corrected chi connectivity index (χ3v) is 7.29. The lowest BCUT2D eigenvalue weighted by molar-refractivity contribution is 0.0303. The van der Waals surface area contributed by atoms with Gasteiger partial charge in [-0.15, -0.1) is 0 Å². The number of fused-ring (bicyclic) bond motifs is 2. The van der Waals surface area contributed by atoms with Gasteiger partial charge in [0.2, 0.25) is 0 Å². The molecule has 0 unspecified atom stereocenters. The summed E-state index contributed by atoms with van der Waals surface area (Å²) >= 11 is 0. The molecule has 3 heterocycles. The maximum atomic E-state index is 13.9. The van der Waals surface area contributed by atoms with Crippen LogP contribution in [0.3, 0.4) is 0 Å². The number of carbonyl (C=O) groups is 2. The summed E-state index contributed by atoms with van der Waals surface area (Å²) in [5.41, 5.74) is 5.66.